The van der Waals surface area contributed by atoms with Crippen LogP contribution in [0.4, 0.5) is 0 Å². The van der Waals surface area contributed by atoms with Gasteiger partial charge in [0.1, 0.15) is 0 Å². The third-order valence-electron chi connectivity index (χ3n) is 3.86. The van der Waals surface area contributed by atoms with E-state index in [2.05, 4.69) is 0 Å². The van der Waals surface area contributed by atoms with Crippen LogP contribution in [0.1, 0.15) is 35.3 Å². The summed E-state index contributed by atoms with van der Waals surface area (Å²) >= 11 is 0. The Morgan fingerprint density at radius 1 is 0.793 bits per heavy atom. The van der Waals surface area contributed by atoms with Gasteiger partial charge in [-0.1, -0.05) is 48.5 Å². The van der Waals surface area contributed by atoms with Gasteiger partial charge in [0.05, 0.1) is 18.8 Å². The molecule has 6 nitrogen and oxygen atoms in total. The Balaban J connectivity index is 2.43. The molecule has 0 spiro atoms. The van der Waals surface area contributed by atoms with Gasteiger partial charge in [-0.2, -0.15) is 0 Å². The highest BCUT2D eigenvalue weighted by atomic mass is 16.5. The fourth-order valence-electron chi connectivity index (χ4n) is 2.51. The van der Waals surface area contributed by atoms with Crippen molar-refractivity contribution in [3.8, 4) is 0 Å². The molecule has 29 heavy (non-hydrogen) atoms. The Kier molecular flexibility index (Phi) is 7.91. The molecule has 0 amide bonds. The lowest BCUT2D eigenvalue weighted by atomic mass is 9.98. The van der Waals surface area contributed by atoms with E-state index in [4.69, 9.17) is 9.47 Å². The number of esters is 2. The zero-order chi connectivity index (χ0) is 21.2. The highest BCUT2D eigenvalue weighted by molar-refractivity contribution is 6.18. The molecule has 0 heterocycles. The highest BCUT2D eigenvalue weighted by Gasteiger charge is 2.16. The van der Waals surface area contributed by atoms with Gasteiger partial charge in [0.2, 0.25) is 5.76 Å². The number of aliphatic hydroxyl groups excluding tert-OH is 1. The van der Waals surface area contributed by atoms with Crippen molar-refractivity contribution in [3.05, 3.63) is 89.2 Å². The van der Waals surface area contributed by atoms with Crippen LogP contribution in [0.15, 0.2) is 72.5 Å². The Hall–Kier alpha value is -3.67. The normalized spacial score (nSPS) is 11.7. The Morgan fingerprint density at radius 2 is 1.38 bits per heavy atom. The van der Waals surface area contributed by atoms with E-state index in [0.29, 0.717) is 16.7 Å². The van der Waals surface area contributed by atoms with Crippen molar-refractivity contribution >= 4 is 23.3 Å². The minimum Gasteiger partial charge on any atom is -0.502 e. The quantitative estimate of drug-likeness (QED) is 0.240. The summed E-state index contributed by atoms with van der Waals surface area (Å²) in [6.07, 6.45) is 2.33. The molecular weight excluding hydrogens is 372 g/mol. The second-order valence-corrected chi connectivity index (χ2v) is 5.85. The van der Waals surface area contributed by atoms with E-state index >= 15 is 0 Å². The highest BCUT2D eigenvalue weighted by Crippen LogP contribution is 2.20. The fraction of sp³-hybridized carbons (Fsp3) is 0.174. The SMILES string of the molecule is CCOC(=O)C(O)=CC=C(C(=O)OCC)c1cccc(C(=O)c2ccccc2)c1. The second-order valence-electron chi connectivity index (χ2n) is 5.85. The summed E-state index contributed by atoms with van der Waals surface area (Å²) in [6.45, 7) is 3.53. The average Bonchev–Trinajstić information content (AvgIpc) is 2.74. The fourth-order valence-corrected chi connectivity index (χ4v) is 2.51. The topological polar surface area (TPSA) is 89.9 Å². The van der Waals surface area contributed by atoms with Crippen LogP contribution in [-0.2, 0) is 19.1 Å². The summed E-state index contributed by atoms with van der Waals surface area (Å²) < 4.78 is 9.77. The van der Waals surface area contributed by atoms with Gasteiger partial charge in [-0.25, -0.2) is 9.59 Å². The predicted octanol–water partition coefficient (Wildman–Crippen LogP) is 3.87. The smallest absolute Gasteiger partial charge is 0.373 e. The van der Waals surface area contributed by atoms with E-state index in [-0.39, 0.29) is 24.6 Å². The van der Waals surface area contributed by atoms with Crippen LogP contribution in [0, 0.1) is 0 Å². The van der Waals surface area contributed by atoms with Gasteiger partial charge >= 0.3 is 11.9 Å². The van der Waals surface area contributed by atoms with Crippen molar-refractivity contribution in [2.75, 3.05) is 13.2 Å². The molecule has 0 fully saturated rings. The van der Waals surface area contributed by atoms with E-state index in [0.717, 1.165) is 6.08 Å². The number of ketones is 1. The van der Waals surface area contributed by atoms with Crippen LogP contribution >= 0.6 is 0 Å². The third kappa shape index (κ3) is 5.90. The van der Waals surface area contributed by atoms with Gasteiger partial charge in [0.15, 0.2) is 5.78 Å². The van der Waals surface area contributed by atoms with Gasteiger partial charge < -0.3 is 14.6 Å². The van der Waals surface area contributed by atoms with Crippen molar-refractivity contribution in [2.45, 2.75) is 13.8 Å². The van der Waals surface area contributed by atoms with Crippen LogP contribution in [-0.4, -0.2) is 36.0 Å². The van der Waals surface area contributed by atoms with E-state index in [9.17, 15) is 19.5 Å². The number of aliphatic hydroxyl groups is 1. The van der Waals surface area contributed by atoms with Crippen LogP contribution in [0.2, 0.25) is 0 Å². The predicted molar refractivity (Wildman–Crippen MR) is 108 cm³/mol. The van der Waals surface area contributed by atoms with Crippen molar-refractivity contribution < 1.29 is 29.0 Å². The first-order valence-corrected chi connectivity index (χ1v) is 9.13. The maximum Gasteiger partial charge on any atom is 0.373 e. The number of ether oxygens (including phenoxy) is 2. The summed E-state index contributed by atoms with van der Waals surface area (Å²) in [6, 6.07) is 15.3. The first kappa shape index (κ1) is 21.6. The molecule has 150 valence electrons. The maximum atomic E-state index is 12.7. The lowest BCUT2D eigenvalue weighted by molar-refractivity contribution is -0.141. The molecule has 0 saturated heterocycles. The van der Waals surface area contributed by atoms with Gasteiger partial charge in [-0.05, 0) is 37.6 Å². The Labute approximate surface area is 169 Å². The second kappa shape index (κ2) is 10.6. The number of carbonyl (C=O) groups is 3. The van der Waals surface area contributed by atoms with Crippen molar-refractivity contribution in [1.82, 2.24) is 0 Å². The number of hydrogen-bond acceptors (Lipinski definition) is 6. The van der Waals surface area contributed by atoms with Crippen molar-refractivity contribution in [3.63, 3.8) is 0 Å². The summed E-state index contributed by atoms with van der Waals surface area (Å²) in [5.74, 6) is -2.39. The molecule has 0 atom stereocenters. The molecule has 2 aromatic carbocycles. The summed E-state index contributed by atoms with van der Waals surface area (Å²) in [5.41, 5.74) is 1.41. The minimum absolute atomic E-state index is 0.0883. The zero-order valence-electron chi connectivity index (χ0n) is 16.3. The van der Waals surface area contributed by atoms with E-state index < -0.39 is 17.7 Å². The summed E-state index contributed by atoms with van der Waals surface area (Å²) in [4.78, 5) is 36.7. The molecule has 0 saturated carbocycles. The van der Waals surface area contributed by atoms with E-state index in [1.807, 2.05) is 6.07 Å². The van der Waals surface area contributed by atoms with Gasteiger partial charge in [-0.3, -0.25) is 4.79 Å². The monoisotopic (exact) mass is 394 g/mol. The van der Waals surface area contributed by atoms with Gasteiger partial charge in [0.25, 0.3) is 0 Å². The zero-order valence-corrected chi connectivity index (χ0v) is 16.3. The molecule has 0 aliphatic carbocycles. The van der Waals surface area contributed by atoms with Crippen LogP contribution in [0.5, 0.6) is 0 Å². The van der Waals surface area contributed by atoms with Crippen LogP contribution in [0.3, 0.4) is 0 Å². The third-order valence-corrected chi connectivity index (χ3v) is 3.86. The molecule has 0 aliphatic heterocycles. The summed E-state index contributed by atoms with van der Waals surface area (Å²) in [7, 11) is 0. The van der Waals surface area contributed by atoms with Gasteiger partial charge in [0, 0.05) is 11.1 Å². The van der Waals surface area contributed by atoms with Crippen LogP contribution < -0.4 is 0 Å². The Bertz CT molecular complexity index is 941. The Morgan fingerprint density at radius 3 is 2.03 bits per heavy atom. The molecule has 0 aliphatic rings. The number of carbonyl (C=O) groups excluding carboxylic acids is 3. The minimum atomic E-state index is -0.903. The van der Waals surface area contributed by atoms with E-state index in [1.54, 1.807) is 62.4 Å². The first-order valence-electron chi connectivity index (χ1n) is 9.13. The van der Waals surface area contributed by atoms with E-state index in [1.165, 1.54) is 6.08 Å². The number of allylic oxidation sites excluding steroid dienone is 2. The molecule has 1 N–H and O–H groups in total. The molecule has 0 unspecified atom stereocenters. The van der Waals surface area contributed by atoms with Crippen molar-refractivity contribution in [2.24, 2.45) is 0 Å². The summed E-state index contributed by atoms with van der Waals surface area (Å²) in [5, 5.41) is 9.78. The number of benzene rings is 2. The lowest BCUT2D eigenvalue weighted by Gasteiger charge is -2.09. The molecule has 6 heteroatoms. The maximum absolute atomic E-state index is 12.7. The largest absolute Gasteiger partial charge is 0.502 e. The number of rotatable bonds is 8. The molecule has 0 bridgehead atoms. The molecule has 0 radical (unpaired) electrons. The lowest BCUT2D eigenvalue weighted by Crippen LogP contribution is -2.09. The molecule has 2 rings (SSSR count). The standard InChI is InChI=1S/C23H22O6/c1-3-28-22(26)19(13-14-20(24)23(27)29-4-2)17-11-8-12-18(15-17)21(25)16-9-6-5-7-10-16/h5-15,24H,3-4H2,1-2H3. The van der Waals surface area contributed by atoms with Gasteiger partial charge in [-0.15, -0.1) is 0 Å². The first-order chi connectivity index (χ1) is 14.0. The number of hydrogen-bond donors (Lipinski definition) is 1. The van der Waals surface area contributed by atoms with Crippen LogP contribution in [0.25, 0.3) is 5.57 Å². The molecule has 0 aromatic heterocycles. The molecular formula is C23H22O6. The average molecular weight is 394 g/mol. The molecule has 2 aromatic rings. The van der Waals surface area contributed by atoms with Crippen molar-refractivity contribution in [1.29, 1.82) is 0 Å².